The van der Waals surface area contributed by atoms with E-state index in [9.17, 15) is 0 Å². The highest BCUT2D eigenvalue weighted by Gasteiger charge is 2.36. The SMILES string of the molecule is CC1CCCC(N)(c2nc3cccc(Cl)c3n2C)C1. The van der Waals surface area contributed by atoms with Crippen molar-refractivity contribution in [2.45, 2.75) is 38.1 Å². The number of nitrogens with zero attached hydrogens (tertiary/aromatic N) is 2. The Kier molecular flexibility index (Phi) is 3.06. The van der Waals surface area contributed by atoms with Crippen LogP contribution in [0, 0.1) is 5.92 Å². The van der Waals surface area contributed by atoms with E-state index in [4.69, 9.17) is 22.3 Å². The van der Waals surface area contributed by atoms with Gasteiger partial charge in [-0.05, 0) is 30.9 Å². The maximum atomic E-state index is 6.66. The van der Waals surface area contributed by atoms with Crippen molar-refractivity contribution in [3.8, 4) is 0 Å². The van der Waals surface area contributed by atoms with E-state index in [0.717, 1.165) is 34.7 Å². The van der Waals surface area contributed by atoms with E-state index in [2.05, 4.69) is 11.5 Å². The standard InChI is InChI=1S/C15H20ClN3/c1-10-5-4-8-15(17,9-10)14-18-12-7-3-6-11(16)13(12)19(14)2/h3,6-7,10H,4-5,8-9,17H2,1-2H3. The molecule has 1 aliphatic carbocycles. The van der Waals surface area contributed by atoms with Crippen LogP contribution in [-0.2, 0) is 12.6 Å². The summed E-state index contributed by atoms with van der Waals surface area (Å²) in [6, 6.07) is 5.84. The maximum absolute atomic E-state index is 6.66. The zero-order valence-electron chi connectivity index (χ0n) is 11.5. The van der Waals surface area contributed by atoms with Gasteiger partial charge in [0.15, 0.2) is 0 Å². The summed E-state index contributed by atoms with van der Waals surface area (Å²) in [7, 11) is 2.02. The van der Waals surface area contributed by atoms with Gasteiger partial charge in [0.05, 0.1) is 21.6 Å². The molecular weight excluding hydrogens is 258 g/mol. The molecule has 0 radical (unpaired) electrons. The molecule has 4 heteroatoms. The molecule has 102 valence electrons. The molecule has 3 nitrogen and oxygen atoms in total. The molecule has 3 rings (SSSR count). The van der Waals surface area contributed by atoms with E-state index in [-0.39, 0.29) is 5.54 Å². The van der Waals surface area contributed by atoms with E-state index in [1.54, 1.807) is 0 Å². The van der Waals surface area contributed by atoms with Gasteiger partial charge in [0.25, 0.3) is 0 Å². The van der Waals surface area contributed by atoms with Gasteiger partial charge >= 0.3 is 0 Å². The molecule has 2 aromatic rings. The molecule has 1 saturated carbocycles. The zero-order valence-corrected chi connectivity index (χ0v) is 12.2. The smallest absolute Gasteiger partial charge is 0.129 e. The predicted octanol–water partition coefficient (Wildman–Crippen LogP) is 3.59. The number of benzene rings is 1. The highest BCUT2D eigenvalue weighted by atomic mass is 35.5. The third-order valence-corrected chi connectivity index (χ3v) is 4.63. The van der Waals surface area contributed by atoms with Crippen LogP contribution in [0.25, 0.3) is 11.0 Å². The van der Waals surface area contributed by atoms with Crippen LogP contribution in [0.1, 0.15) is 38.4 Å². The fourth-order valence-corrected chi connectivity index (χ4v) is 3.76. The van der Waals surface area contributed by atoms with Gasteiger partial charge in [-0.1, -0.05) is 37.4 Å². The van der Waals surface area contributed by atoms with Crippen molar-refractivity contribution in [2.24, 2.45) is 18.7 Å². The lowest BCUT2D eigenvalue weighted by Gasteiger charge is -2.36. The number of hydrogen-bond donors (Lipinski definition) is 1. The molecule has 0 bridgehead atoms. The molecule has 0 spiro atoms. The molecule has 2 atom stereocenters. The average Bonchev–Trinajstić information content (AvgIpc) is 2.68. The lowest BCUT2D eigenvalue weighted by Crippen LogP contribution is -2.43. The van der Waals surface area contributed by atoms with E-state index >= 15 is 0 Å². The molecule has 0 aliphatic heterocycles. The van der Waals surface area contributed by atoms with Gasteiger partial charge in [0, 0.05) is 7.05 Å². The first kappa shape index (κ1) is 12.9. The van der Waals surface area contributed by atoms with Crippen molar-refractivity contribution in [2.75, 3.05) is 0 Å². The number of hydrogen-bond acceptors (Lipinski definition) is 2. The first-order chi connectivity index (χ1) is 9.01. The van der Waals surface area contributed by atoms with Crippen molar-refractivity contribution in [1.29, 1.82) is 0 Å². The molecule has 19 heavy (non-hydrogen) atoms. The van der Waals surface area contributed by atoms with E-state index in [1.807, 2.05) is 25.2 Å². The molecule has 2 N–H and O–H groups in total. The molecule has 1 aromatic carbocycles. The second kappa shape index (κ2) is 4.50. The number of aromatic nitrogens is 2. The summed E-state index contributed by atoms with van der Waals surface area (Å²) in [4.78, 5) is 4.76. The summed E-state index contributed by atoms with van der Waals surface area (Å²) in [6.07, 6.45) is 4.45. The molecular formula is C15H20ClN3. The quantitative estimate of drug-likeness (QED) is 0.866. The number of halogens is 1. The Bertz CT molecular complexity index is 619. The van der Waals surface area contributed by atoms with E-state index < -0.39 is 0 Å². The Morgan fingerprint density at radius 1 is 1.47 bits per heavy atom. The minimum atomic E-state index is -0.311. The van der Waals surface area contributed by atoms with Crippen molar-refractivity contribution in [1.82, 2.24) is 9.55 Å². The Hall–Kier alpha value is -1.06. The lowest BCUT2D eigenvalue weighted by atomic mass is 9.76. The molecule has 1 aliphatic rings. The molecule has 0 amide bonds. The van der Waals surface area contributed by atoms with Gasteiger partial charge < -0.3 is 10.3 Å². The van der Waals surface area contributed by atoms with Crippen LogP contribution >= 0.6 is 11.6 Å². The van der Waals surface area contributed by atoms with Crippen molar-refractivity contribution in [3.63, 3.8) is 0 Å². The molecule has 2 unspecified atom stereocenters. The maximum Gasteiger partial charge on any atom is 0.129 e. The monoisotopic (exact) mass is 277 g/mol. The van der Waals surface area contributed by atoms with Gasteiger partial charge in [-0.3, -0.25) is 0 Å². The summed E-state index contributed by atoms with van der Waals surface area (Å²) in [5.41, 5.74) is 8.27. The minimum absolute atomic E-state index is 0.311. The highest BCUT2D eigenvalue weighted by Crippen LogP contribution is 2.38. The number of imidazole rings is 1. The largest absolute Gasteiger partial charge is 0.328 e. The first-order valence-electron chi connectivity index (χ1n) is 6.91. The Balaban J connectivity index is 2.15. The third kappa shape index (κ3) is 2.05. The zero-order chi connectivity index (χ0) is 13.6. The number of rotatable bonds is 1. The van der Waals surface area contributed by atoms with Gasteiger partial charge in [0.2, 0.25) is 0 Å². The van der Waals surface area contributed by atoms with E-state index in [1.165, 1.54) is 12.8 Å². The molecule has 1 fully saturated rings. The van der Waals surface area contributed by atoms with Gasteiger partial charge in [0.1, 0.15) is 5.82 Å². The third-order valence-electron chi connectivity index (χ3n) is 4.32. The number of nitrogens with two attached hydrogens (primary N) is 1. The Morgan fingerprint density at radius 2 is 2.26 bits per heavy atom. The molecule has 0 saturated heterocycles. The number of aryl methyl sites for hydroxylation is 1. The van der Waals surface area contributed by atoms with Crippen LogP contribution in [0.2, 0.25) is 5.02 Å². The van der Waals surface area contributed by atoms with Gasteiger partial charge in [-0.15, -0.1) is 0 Å². The highest BCUT2D eigenvalue weighted by molar-refractivity contribution is 6.35. The predicted molar refractivity (Wildman–Crippen MR) is 79.2 cm³/mol. The molecule has 1 aromatic heterocycles. The van der Waals surface area contributed by atoms with Crippen LogP contribution in [0.5, 0.6) is 0 Å². The summed E-state index contributed by atoms with van der Waals surface area (Å²) >= 11 is 6.29. The van der Waals surface area contributed by atoms with Gasteiger partial charge in [-0.2, -0.15) is 0 Å². The van der Waals surface area contributed by atoms with Crippen LogP contribution in [0.3, 0.4) is 0 Å². The summed E-state index contributed by atoms with van der Waals surface area (Å²) in [5, 5.41) is 0.742. The fraction of sp³-hybridized carbons (Fsp3) is 0.533. The Labute approximate surface area is 118 Å². The fourth-order valence-electron chi connectivity index (χ4n) is 3.46. The van der Waals surface area contributed by atoms with Crippen LogP contribution in [0.4, 0.5) is 0 Å². The topological polar surface area (TPSA) is 43.8 Å². The van der Waals surface area contributed by atoms with Crippen LogP contribution < -0.4 is 5.73 Å². The number of para-hydroxylation sites is 1. The van der Waals surface area contributed by atoms with Crippen molar-refractivity contribution < 1.29 is 0 Å². The normalized spacial score (nSPS) is 27.9. The van der Waals surface area contributed by atoms with Crippen LogP contribution in [0.15, 0.2) is 18.2 Å². The Morgan fingerprint density at radius 3 is 2.95 bits per heavy atom. The lowest BCUT2D eigenvalue weighted by molar-refractivity contribution is 0.225. The second-order valence-corrected chi connectivity index (χ2v) is 6.37. The van der Waals surface area contributed by atoms with E-state index in [0.29, 0.717) is 5.92 Å². The summed E-state index contributed by atoms with van der Waals surface area (Å²) in [5.74, 6) is 1.64. The van der Waals surface area contributed by atoms with Gasteiger partial charge in [-0.25, -0.2) is 4.98 Å². The number of fused-ring (bicyclic) bond motifs is 1. The summed E-state index contributed by atoms with van der Waals surface area (Å²) < 4.78 is 2.08. The van der Waals surface area contributed by atoms with Crippen LogP contribution in [-0.4, -0.2) is 9.55 Å². The first-order valence-corrected chi connectivity index (χ1v) is 7.29. The second-order valence-electron chi connectivity index (χ2n) is 5.96. The average molecular weight is 278 g/mol. The minimum Gasteiger partial charge on any atom is -0.328 e. The van der Waals surface area contributed by atoms with Crippen molar-refractivity contribution >= 4 is 22.6 Å². The molecule has 1 heterocycles. The van der Waals surface area contributed by atoms with Crippen molar-refractivity contribution in [3.05, 3.63) is 29.0 Å². The summed E-state index contributed by atoms with van der Waals surface area (Å²) in [6.45, 7) is 2.27.